The van der Waals surface area contributed by atoms with Crippen LogP contribution in [0.2, 0.25) is 0 Å². The van der Waals surface area contributed by atoms with Crippen molar-refractivity contribution in [2.75, 3.05) is 32.9 Å². The number of nitrogens with one attached hydrogen (secondary N) is 2. The Hall–Kier alpha value is -2.56. The zero-order chi connectivity index (χ0) is 21.9. The van der Waals surface area contributed by atoms with Crippen molar-refractivity contribution < 1.29 is 18.8 Å². The number of hydrogen-bond donors (Lipinski definition) is 3. The van der Waals surface area contributed by atoms with Gasteiger partial charge in [0, 0.05) is 18.8 Å². The maximum atomic E-state index is 13.0. The largest absolute Gasteiger partial charge is 0.464 e. The highest BCUT2D eigenvalue weighted by Gasteiger charge is 2.10. The summed E-state index contributed by atoms with van der Waals surface area (Å²) in [6, 6.07) is 9.37. The average molecular weight is 439 g/mol. The number of furan rings is 1. The molecule has 30 heavy (non-hydrogen) atoms. The van der Waals surface area contributed by atoms with Crippen molar-refractivity contribution in [2.45, 2.75) is 18.4 Å². The van der Waals surface area contributed by atoms with Crippen LogP contribution in [0, 0.1) is 15.9 Å². The third-order valence-electron chi connectivity index (χ3n) is 3.97. The van der Waals surface area contributed by atoms with E-state index >= 15 is 0 Å². The summed E-state index contributed by atoms with van der Waals surface area (Å²) >= 11 is 1.64. The first-order valence-corrected chi connectivity index (χ1v) is 10.6. The van der Waals surface area contributed by atoms with Gasteiger partial charge in [0.2, 0.25) is 0 Å². The third kappa shape index (κ3) is 8.85. The fraction of sp³-hybridized carbons (Fsp3) is 0.400. The summed E-state index contributed by atoms with van der Waals surface area (Å²) in [5.41, 5.74) is 0.520. The molecule has 0 spiro atoms. The number of rotatable bonds is 13. The van der Waals surface area contributed by atoms with Crippen molar-refractivity contribution in [1.29, 1.82) is 0 Å². The second-order valence-electron chi connectivity index (χ2n) is 6.86. The molecule has 8 nitrogen and oxygen atoms in total. The molecule has 1 unspecified atom stereocenters. The molecule has 2 rings (SSSR count). The van der Waals surface area contributed by atoms with Gasteiger partial charge in [0.1, 0.15) is 17.3 Å². The number of halogens is 1. The molecule has 1 atom stereocenters. The van der Waals surface area contributed by atoms with Gasteiger partial charge in [-0.3, -0.25) is 10.1 Å². The topological polar surface area (TPSA) is 104 Å². The van der Waals surface area contributed by atoms with E-state index in [4.69, 9.17) is 4.42 Å². The maximum absolute atomic E-state index is 13.0. The highest BCUT2D eigenvalue weighted by molar-refractivity contribution is 7.98. The van der Waals surface area contributed by atoms with Gasteiger partial charge in [-0.1, -0.05) is 12.1 Å². The smallest absolute Gasteiger partial charge is 0.274 e. The summed E-state index contributed by atoms with van der Waals surface area (Å²) in [6.45, 7) is 1.29. The fourth-order valence-electron chi connectivity index (χ4n) is 2.60. The summed E-state index contributed by atoms with van der Waals surface area (Å²) in [5.74, 6) is 3.02. The maximum Gasteiger partial charge on any atom is 0.274 e. The van der Waals surface area contributed by atoms with Crippen LogP contribution in [0.15, 0.2) is 52.8 Å². The molecule has 0 aliphatic carbocycles. The minimum Gasteiger partial charge on any atom is -0.464 e. The summed E-state index contributed by atoms with van der Waals surface area (Å²) in [7, 11) is 3.96. The summed E-state index contributed by atoms with van der Waals surface area (Å²) < 4.78 is 18.7. The minimum atomic E-state index is -0.924. The van der Waals surface area contributed by atoms with Gasteiger partial charge in [-0.25, -0.2) is 4.39 Å². The van der Waals surface area contributed by atoms with Crippen LogP contribution in [0.4, 0.5) is 4.39 Å². The standard InChI is InChI=1S/C20H27FN4O4S/c1-24(2)12-17-7-8-18(29-17)14-30-10-9-22-20(13-25(27)28)23-11-19(26)15-3-5-16(21)6-4-15/h3-8,13,19,22-23,26H,9-12,14H2,1-2H3/b20-13-. The second-order valence-corrected chi connectivity index (χ2v) is 7.97. The molecule has 0 saturated carbocycles. The first kappa shape index (κ1) is 23.7. The molecule has 1 aromatic heterocycles. The predicted octanol–water partition coefficient (Wildman–Crippen LogP) is 2.70. The van der Waals surface area contributed by atoms with E-state index in [-0.39, 0.29) is 12.4 Å². The Morgan fingerprint density at radius 2 is 1.97 bits per heavy atom. The van der Waals surface area contributed by atoms with Crippen LogP contribution < -0.4 is 10.6 Å². The van der Waals surface area contributed by atoms with Gasteiger partial charge in [0.15, 0.2) is 5.82 Å². The molecule has 0 radical (unpaired) electrons. The van der Waals surface area contributed by atoms with Crippen molar-refractivity contribution in [2.24, 2.45) is 0 Å². The molecule has 0 saturated heterocycles. The minimum absolute atomic E-state index is 0.0481. The van der Waals surface area contributed by atoms with Gasteiger partial charge >= 0.3 is 0 Å². The molecule has 0 amide bonds. The lowest BCUT2D eigenvalue weighted by Crippen LogP contribution is -2.31. The first-order chi connectivity index (χ1) is 14.3. The number of nitro groups is 1. The molecular formula is C20H27FN4O4S. The second kappa shape index (κ2) is 12.2. The van der Waals surface area contributed by atoms with E-state index in [0.29, 0.717) is 23.6 Å². The van der Waals surface area contributed by atoms with Crippen molar-refractivity contribution >= 4 is 11.8 Å². The molecule has 1 heterocycles. The van der Waals surface area contributed by atoms with E-state index in [1.165, 1.54) is 24.3 Å². The zero-order valence-electron chi connectivity index (χ0n) is 17.0. The number of benzene rings is 1. The average Bonchev–Trinajstić information content (AvgIpc) is 3.12. The van der Waals surface area contributed by atoms with E-state index in [2.05, 4.69) is 10.6 Å². The van der Waals surface area contributed by atoms with Crippen molar-refractivity contribution in [3.05, 3.63) is 81.4 Å². The van der Waals surface area contributed by atoms with Crippen LogP contribution in [-0.4, -0.2) is 47.9 Å². The highest BCUT2D eigenvalue weighted by Crippen LogP contribution is 2.16. The molecule has 0 bridgehead atoms. The fourth-order valence-corrected chi connectivity index (χ4v) is 3.34. The van der Waals surface area contributed by atoms with Crippen LogP contribution in [0.3, 0.4) is 0 Å². The summed E-state index contributed by atoms with van der Waals surface area (Å²) in [5, 5.41) is 26.8. The predicted molar refractivity (Wildman–Crippen MR) is 115 cm³/mol. The number of nitrogens with zero attached hydrogens (tertiary/aromatic N) is 2. The quantitative estimate of drug-likeness (QED) is 0.249. The molecule has 0 aliphatic heterocycles. The van der Waals surface area contributed by atoms with Crippen LogP contribution in [0.5, 0.6) is 0 Å². The van der Waals surface area contributed by atoms with Crippen molar-refractivity contribution in [3.63, 3.8) is 0 Å². The molecule has 10 heteroatoms. The van der Waals surface area contributed by atoms with Gasteiger partial charge in [-0.05, 0) is 43.9 Å². The van der Waals surface area contributed by atoms with E-state index in [1.807, 2.05) is 31.1 Å². The SMILES string of the molecule is CN(C)Cc1ccc(CSCCN/C(=C/[N+](=O)[O-])NCC(O)c2ccc(F)cc2)o1. The normalized spacial score (nSPS) is 12.8. The summed E-state index contributed by atoms with van der Waals surface area (Å²) in [6.07, 6.45) is -0.102. The Morgan fingerprint density at radius 3 is 2.63 bits per heavy atom. The van der Waals surface area contributed by atoms with E-state index in [1.54, 1.807) is 11.8 Å². The van der Waals surface area contributed by atoms with Crippen LogP contribution in [0.25, 0.3) is 0 Å². The van der Waals surface area contributed by atoms with Gasteiger partial charge in [-0.2, -0.15) is 11.8 Å². The monoisotopic (exact) mass is 438 g/mol. The van der Waals surface area contributed by atoms with E-state index in [0.717, 1.165) is 24.3 Å². The Morgan fingerprint density at radius 1 is 1.27 bits per heavy atom. The van der Waals surface area contributed by atoms with Crippen LogP contribution in [0.1, 0.15) is 23.2 Å². The Bertz CT molecular complexity index is 826. The van der Waals surface area contributed by atoms with Crippen LogP contribution in [-0.2, 0) is 12.3 Å². The van der Waals surface area contributed by atoms with E-state index in [9.17, 15) is 19.6 Å². The van der Waals surface area contributed by atoms with Gasteiger partial charge < -0.3 is 25.1 Å². The van der Waals surface area contributed by atoms with Crippen molar-refractivity contribution in [3.8, 4) is 0 Å². The van der Waals surface area contributed by atoms with Crippen LogP contribution >= 0.6 is 11.8 Å². The third-order valence-corrected chi connectivity index (χ3v) is 4.95. The van der Waals surface area contributed by atoms with Gasteiger partial charge in [0.05, 0.1) is 23.3 Å². The lowest BCUT2D eigenvalue weighted by atomic mass is 10.1. The molecule has 1 aromatic carbocycles. The molecular weight excluding hydrogens is 411 g/mol. The number of hydrogen-bond acceptors (Lipinski definition) is 8. The number of aliphatic hydroxyl groups is 1. The summed E-state index contributed by atoms with van der Waals surface area (Å²) in [4.78, 5) is 12.3. The Labute approximate surface area is 179 Å². The first-order valence-electron chi connectivity index (χ1n) is 9.40. The molecule has 2 aromatic rings. The Balaban J connectivity index is 1.73. The molecule has 164 valence electrons. The van der Waals surface area contributed by atoms with E-state index < -0.39 is 16.8 Å². The number of thioether (sulfide) groups is 1. The lowest BCUT2D eigenvalue weighted by Gasteiger charge is -2.15. The van der Waals surface area contributed by atoms with Crippen molar-refractivity contribution in [1.82, 2.24) is 15.5 Å². The molecule has 0 fully saturated rings. The lowest BCUT2D eigenvalue weighted by molar-refractivity contribution is -0.404. The Kier molecular flexibility index (Phi) is 9.65. The molecule has 3 N–H and O–H groups in total. The zero-order valence-corrected chi connectivity index (χ0v) is 17.8. The molecule has 0 aliphatic rings. The van der Waals surface area contributed by atoms with Gasteiger partial charge in [0.25, 0.3) is 6.20 Å². The highest BCUT2D eigenvalue weighted by atomic mass is 32.2. The number of aliphatic hydroxyl groups excluding tert-OH is 1. The van der Waals surface area contributed by atoms with Gasteiger partial charge in [-0.15, -0.1) is 0 Å².